The number of hydrogen-bond donors (Lipinski definition) is 3. The number of hydrogen-bond acceptors (Lipinski definition) is 4. The fourth-order valence-electron chi connectivity index (χ4n) is 2.26. The highest BCUT2D eigenvalue weighted by molar-refractivity contribution is 7.14. The van der Waals surface area contributed by atoms with Crippen LogP contribution in [-0.4, -0.2) is 17.9 Å². The Morgan fingerprint density at radius 2 is 2.10 bits per heavy atom. The quantitative estimate of drug-likeness (QED) is 0.805. The number of nitrogens with two attached hydrogens (primary N) is 1. The summed E-state index contributed by atoms with van der Waals surface area (Å²) in [6.07, 6.45) is 0.638. The molecule has 0 bridgehead atoms. The molecular formula is C14H13N3O2S. The minimum atomic E-state index is -0.538. The van der Waals surface area contributed by atoms with E-state index in [-0.39, 0.29) is 11.9 Å². The Labute approximate surface area is 119 Å². The van der Waals surface area contributed by atoms with Gasteiger partial charge in [-0.1, -0.05) is 18.2 Å². The van der Waals surface area contributed by atoms with Crippen molar-refractivity contribution in [1.29, 1.82) is 0 Å². The SMILES string of the molecule is NC(=O)c1ccsc1NC(=O)[C@@H]1Cc2ccccc2N1. The average molecular weight is 287 g/mol. The maximum atomic E-state index is 12.2. The van der Waals surface area contributed by atoms with Crippen molar-refractivity contribution in [3.05, 3.63) is 46.8 Å². The lowest BCUT2D eigenvalue weighted by molar-refractivity contribution is -0.116. The molecule has 0 aliphatic carbocycles. The van der Waals surface area contributed by atoms with Crippen LogP contribution in [0, 0.1) is 0 Å². The summed E-state index contributed by atoms with van der Waals surface area (Å²) < 4.78 is 0. The second kappa shape index (κ2) is 4.97. The van der Waals surface area contributed by atoms with Crippen LogP contribution in [0.2, 0.25) is 0 Å². The van der Waals surface area contributed by atoms with E-state index in [2.05, 4.69) is 10.6 Å². The molecular weight excluding hydrogens is 274 g/mol. The van der Waals surface area contributed by atoms with E-state index in [1.807, 2.05) is 24.3 Å². The van der Waals surface area contributed by atoms with Crippen LogP contribution in [0.15, 0.2) is 35.7 Å². The van der Waals surface area contributed by atoms with Crippen molar-refractivity contribution in [3.8, 4) is 0 Å². The minimum absolute atomic E-state index is 0.161. The van der Waals surface area contributed by atoms with Crippen molar-refractivity contribution >= 4 is 33.8 Å². The van der Waals surface area contributed by atoms with Gasteiger partial charge in [-0.25, -0.2) is 0 Å². The van der Waals surface area contributed by atoms with Gasteiger partial charge in [0, 0.05) is 12.1 Å². The van der Waals surface area contributed by atoms with Crippen LogP contribution in [0.25, 0.3) is 0 Å². The van der Waals surface area contributed by atoms with Gasteiger partial charge in [-0.2, -0.15) is 0 Å². The molecule has 6 heteroatoms. The number of thiophene rings is 1. The molecule has 0 fully saturated rings. The molecule has 102 valence electrons. The summed E-state index contributed by atoms with van der Waals surface area (Å²) >= 11 is 1.29. The van der Waals surface area contributed by atoms with Gasteiger partial charge < -0.3 is 16.4 Å². The van der Waals surface area contributed by atoms with Crippen molar-refractivity contribution < 1.29 is 9.59 Å². The fourth-order valence-corrected chi connectivity index (χ4v) is 3.05. The van der Waals surface area contributed by atoms with E-state index >= 15 is 0 Å². The molecule has 1 aliphatic heterocycles. The van der Waals surface area contributed by atoms with Crippen LogP contribution < -0.4 is 16.4 Å². The first-order chi connectivity index (χ1) is 9.65. The lowest BCUT2D eigenvalue weighted by Crippen LogP contribution is -2.33. The third-order valence-electron chi connectivity index (χ3n) is 3.26. The number of fused-ring (bicyclic) bond motifs is 1. The van der Waals surface area contributed by atoms with Crippen molar-refractivity contribution in [2.24, 2.45) is 5.73 Å². The molecule has 20 heavy (non-hydrogen) atoms. The van der Waals surface area contributed by atoms with Crippen molar-refractivity contribution in [2.45, 2.75) is 12.5 Å². The fraction of sp³-hybridized carbons (Fsp3) is 0.143. The third-order valence-corrected chi connectivity index (χ3v) is 4.08. The largest absolute Gasteiger partial charge is 0.373 e. The number of carbonyl (C=O) groups excluding carboxylic acids is 2. The van der Waals surface area contributed by atoms with Gasteiger partial charge >= 0.3 is 0 Å². The molecule has 0 spiro atoms. The van der Waals surface area contributed by atoms with Gasteiger partial charge in [0.2, 0.25) is 5.91 Å². The second-order valence-corrected chi connectivity index (χ2v) is 5.49. The molecule has 2 heterocycles. The Bertz CT molecular complexity index is 656. The van der Waals surface area contributed by atoms with Crippen molar-refractivity contribution in [2.75, 3.05) is 10.6 Å². The number of para-hydroxylation sites is 1. The second-order valence-electron chi connectivity index (χ2n) is 4.58. The Balaban J connectivity index is 1.73. The summed E-state index contributed by atoms with van der Waals surface area (Å²) in [7, 11) is 0. The van der Waals surface area contributed by atoms with E-state index < -0.39 is 5.91 Å². The summed E-state index contributed by atoms with van der Waals surface area (Å²) in [4.78, 5) is 23.5. The first-order valence-electron chi connectivity index (χ1n) is 6.18. The van der Waals surface area contributed by atoms with Crippen molar-refractivity contribution in [1.82, 2.24) is 0 Å². The van der Waals surface area contributed by atoms with Gasteiger partial charge in [-0.05, 0) is 23.1 Å². The van der Waals surface area contributed by atoms with E-state index in [0.29, 0.717) is 17.0 Å². The number of nitrogens with one attached hydrogen (secondary N) is 2. The highest BCUT2D eigenvalue weighted by Crippen LogP contribution is 2.27. The van der Waals surface area contributed by atoms with Crippen LogP contribution in [-0.2, 0) is 11.2 Å². The maximum Gasteiger partial charge on any atom is 0.251 e. The summed E-state index contributed by atoms with van der Waals surface area (Å²) in [5.74, 6) is -0.699. The van der Waals surface area contributed by atoms with Gasteiger partial charge in [-0.3, -0.25) is 9.59 Å². The lowest BCUT2D eigenvalue weighted by Gasteiger charge is -2.11. The van der Waals surface area contributed by atoms with Gasteiger partial charge in [0.1, 0.15) is 11.0 Å². The molecule has 3 rings (SSSR count). The summed E-state index contributed by atoms with van der Waals surface area (Å²) in [6.45, 7) is 0. The number of carbonyl (C=O) groups is 2. The predicted octanol–water partition coefficient (Wildman–Crippen LogP) is 1.82. The smallest absolute Gasteiger partial charge is 0.251 e. The molecule has 0 saturated carbocycles. The molecule has 2 aromatic rings. The van der Waals surface area contributed by atoms with E-state index in [1.54, 1.807) is 11.4 Å². The van der Waals surface area contributed by atoms with Crippen LogP contribution in [0.1, 0.15) is 15.9 Å². The number of amides is 2. The monoisotopic (exact) mass is 287 g/mol. The average Bonchev–Trinajstić information content (AvgIpc) is 3.03. The van der Waals surface area contributed by atoms with Crippen LogP contribution in [0.3, 0.4) is 0 Å². The molecule has 4 N–H and O–H groups in total. The normalized spacial score (nSPS) is 16.3. The zero-order valence-corrected chi connectivity index (χ0v) is 11.4. The Hall–Kier alpha value is -2.34. The topological polar surface area (TPSA) is 84.2 Å². The number of primary amides is 1. The molecule has 0 radical (unpaired) electrons. The standard InChI is InChI=1S/C14H13N3O2S/c15-12(18)9-5-6-20-14(9)17-13(19)11-7-8-3-1-2-4-10(8)16-11/h1-6,11,16H,7H2,(H2,15,18)(H,17,19)/t11-/m0/s1. The first-order valence-corrected chi connectivity index (χ1v) is 7.05. The Kier molecular flexibility index (Phi) is 3.15. The zero-order chi connectivity index (χ0) is 14.1. The van der Waals surface area contributed by atoms with Gasteiger partial charge in [0.15, 0.2) is 0 Å². The zero-order valence-electron chi connectivity index (χ0n) is 10.6. The summed E-state index contributed by atoms with van der Waals surface area (Å²) in [5.41, 5.74) is 7.70. The Morgan fingerprint density at radius 3 is 2.85 bits per heavy atom. The Morgan fingerprint density at radius 1 is 1.30 bits per heavy atom. The van der Waals surface area contributed by atoms with E-state index in [1.165, 1.54) is 11.3 Å². The van der Waals surface area contributed by atoms with Gasteiger partial charge in [0.25, 0.3) is 5.91 Å². The third kappa shape index (κ3) is 2.25. The number of anilines is 2. The van der Waals surface area contributed by atoms with Crippen LogP contribution >= 0.6 is 11.3 Å². The minimum Gasteiger partial charge on any atom is -0.373 e. The van der Waals surface area contributed by atoms with Gasteiger partial charge in [0.05, 0.1) is 5.56 Å². The van der Waals surface area contributed by atoms with E-state index in [9.17, 15) is 9.59 Å². The van der Waals surface area contributed by atoms with Crippen LogP contribution in [0.4, 0.5) is 10.7 Å². The molecule has 1 atom stereocenters. The molecule has 1 aliphatic rings. The maximum absolute atomic E-state index is 12.2. The van der Waals surface area contributed by atoms with E-state index in [0.717, 1.165) is 11.3 Å². The lowest BCUT2D eigenvalue weighted by atomic mass is 10.1. The summed E-state index contributed by atoms with van der Waals surface area (Å²) in [5, 5.41) is 8.17. The molecule has 1 aromatic carbocycles. The first kappa shape index (κ1) is 12.7. The van der Waals surface area contributed by atoms with Gasteiger partial charge in [-0.15, -0.1) is 11.3 Å². The van der Waals surface area contributed by atoms with Crippen molar-refractivity contribution in [3.63, 3.8) is 0 Å². The highest BCUT2D eigenvalue weighted by Gasteiger charge is 2.27. The van der Waals surface area contributed by atoms with E-state index in [4.69, 9.17) is 5.73 Å². The molecule has 5 nitrogen and oxygen atoms in total. The molecule has 0 saturated heterocycles. The van der Waals surface area contributed by atoms with Crippen LogP contribution in [0.5, 0.6) is 0 Å². The molecule has 1 aromatic heterocycles. The number of rotatable bonds is 3. The molecule has 2 amide bonds. The predicted molar refractivity (Wildman–Crippen MR) is 79.0 cm³/mol. The molecule has 0 unspecified atom stereocenters. The summed E-state index contributed by atoms with van der Waals surface area (Å²) in [6, 6.07) is 9.11. The highest BCUT2D eigenvalue weighted by atomic mass is 32.1. The number of benzene rings is 1.